The van der Waals surface area contributed by atoms with Gasteiger partial charge in [0.25, 0.3) is 0 Å². The van der Waals surface area contributed by atoms with Crippen LogP contribution in [0.2, 0.25) is 0 Å². The van der Waals surface area contributed by atoms with Crippen LogP contribution in [-0.2, 0) is 9.53 Å². The van der Waals surface area contributed by atoms with Crippen LogP contribution in [0.1, 0.15) is 13.8 Å². The van der Waals surface area contributed by atoms with E-state index in [4.69, 9.17) is 5.11 Å². The Balaban J connectivity index is -0.000000143. The highest BCUT2D eigenvalue weighted by molar-refractivity contribution is 5.84. The first-order chi connectivity index (χ1) is 5.41. The second kappa shape index (κ2) is 10.4. The third-order valence-corrected chi connectivity index (χ3v) is 0.652. The van der Waals surface area contributed by atoms with Crippen molar-refractivity contribution < 1.29 is 24.9 Å². The fourth-order valence-electron chi connectivity index (χ4n) is 0.142. The molecule has 78 valence electrons. The second-order valence-corrected chi connectivity index (χ2v) is 1.84. The molecule has 0 rings (SSSR count). The molecule has 1 amide bonds. The molecule has 0 radical (unpaired) electrons. The number of nitrogens with two attached hydrogens (primary N) is 1. The minimum atomic E-state index is -0.935. The highest BCUT2D eigenvalue weighted by atomic mass is 16.5. The molecule has 0 saturated carbocycles. The van der Waals surface area contributed by atoms with E-state index >= 15 is 0 Å². The Bertz CT molecular complexity index is 166. The maximum Gasteiger partial charge on any atom is 0.404 e. The summed E-state index contributed by atoms with van der Waals surface area (Å²) in [6.07, 6.45) is -0.711. The fraction of sp³-hybridized carbons (Fsp3) is 0.429. The van der Waals surface area contributed by atoms with Gasteiger partial charge in [0.15, 0.2) is 0 Å². The largest absolute Gasteiger partial charge is 0.478 e. The highest BCUT2D eigenvalue weighted by Crippen LogP contribution is 1.81. The molecule has 13 heavy (non-hydrogen) atoms. The molecule has 0 heterocycles. The fourth-order valence-corrected chi connectivity index (χ4v) is 0.142. The number of carbonyl (C=O) groups excluding carboxylic acids is 1. The summed E-state index contributed by atoms with van der Waals surface area (Å²) in [6, 6.07) is 0. The quantitative estimate of drug-likeness (QED) is 0.595. The van der Waals surface area contributed by atoms with Gasteiger partial charge < -0.3 is 21.1 Å². The van der Waals surface area contributed by atoms with Crippen LogP contribution in [-0.4, -0.2) is 29.3 Å². The average molecular weight is 193 g/mol. The molecule has 0 aromatic rings. The molecular weight excluding hydrogens is 178 g/mol. The standard InChI is InChI=1S/C4H6O2.C3H7NO2.H2O/c1-3(2)4(5)6;1-2-6-3(4)5;/h1H2,2H3,(H,5,6);2H2,1H3,(H2,4,5);1H2. The van der Waals surface area contributed by atoms with Crippen molar-refractivity contribution in [3.8, 4) is 0 Å². The number of primary amides is 1. The van der Waals surface area contributed by atoms with E-state index in [1.165, 1.54) is 6.92 Å². The van der Waals surface area contributed by atoms with Crippen molar-refractivity contribution in [1.82, 2.24) is 0 Å². The van der Waals surface area contributed by atoms with Crippen LogP contribution in [0.4, 0.5) is 4.79 Å². The number of rotatable bonds is 2. The topological polar surface area (TPSA) is 121 Å². The molecule has 0 atom stereocenters. The second-order valence-electron chi connectivity index (χ2n) is 1.84. The molecule has 0 unspecified atom stereocenters. The normalized spacial score (nSPS) is 6.92. The first kappa shape index (κ1) is 17.5. The number of hydrogen-bond donors (Lipinski definition) is 2. The average Bonchev–Trinajstić information content (AvgIpc) is 1.87. The van der Waals surface area contributed by atoms with E-state index in [1.807, 2.05) is 0 Å². The van der Waals surface area contributed by atoms with E-state index in [2.05, 4.69) is 17.0 Å². The van der Waals surface area contributed by atoms with Gasteiger partial charge in [-0.15, -0.1) is 0 Å². The molecule has 0 aromatic carbocycles. The minimum absolute atomic E-state index is 0. The predicted octanol–water partition coefficient (Wildman–Crippen LogP) is -0.0760. The Morgan fingerprint density at radius 1 is 1.54 bits per heavy atom. The summed E-state index contributed by atoms with van der Waals surface area (Å²) in [5.74, 6) is -0.935. The zero-order chi connectivity index (χ0) is 10.1. The smallest absolute Gasteiger partial charge is 0.404 e. The van der Waals surface area contributed by atoms with E-state index in [-0.39, 0.29) is 11.0 Å². The van der Waals surface area contributed by atoms with Crippen molar-refractivity contribution in [3.05, 3.63) is 12.2 Å². The van der Waals surface area contributed by atoms with Crippen molar-refractivity contribution in [3.63, 3.8) is 0 Å². The zero-order valence-electron chi connectivity index (χ0n) is 7.66. The van der Waals surface area contributed by atoms with E-state index in [1.54, 1.807) is 6.92 Å². The summed E-state index contributed by atoms with van der Waals surface area (Å²) < 4.78 is 4.18. The monoisotopic (exact) mass is 193 g/mol. The Hall–Kier alpha value is -1.56. The van der Waals surface area contributed by atoms with Crippen LogP contribution in [0, 0.1) is 0 Å². The van der Waals surface area contributed by atoms with Gasteiger partial charge in [0.1, 0.15) is 0 Å². The van der Waals surface area contributed by atoms with Gasteiger partial charge in [-0.25, -0.2) is 9.59 Å². The SMILES string of the molecule is C=C(C)C(=O)O.CCOC(N)=O.O. The molecule has 5 N–H and O–H groups in total. The van der Waals surface area contributed by atoms with Gasteiger partial charge in [0.2, 0.25) is 0 Å². The van der Waals surface area contributed by atoms with E-state index in [9.17, 15) is 9.59 Å². The van der Waals surface area contributed by atoms with Gasteiger partial charge in [0, 0.05) is 5.57 Å². The summed E-state index contributed by atoms with van der Waals surface area (Å²) in [7, 11) is 0. The first-order valence-corrected chi connectivity index (χ1v) is 3.22. The van der Waals surface area contributed by atoms with Crippen molar-refractivity contribution in [2.24, 2.45) is 5.73 Å². The van der Waals surface area contributed by atoms with E-state index in [0.29, 0.717) is 6.61 Å². The van der Waals surface area contributed by atoms with Crippen LogP contribution < -0.4 is 5.73 Å². The number of aliphatic carboxylic acids is 1. The lowest BCUT2D eigenvalue weighted by Gasteiger charge is -1.89. The number of carbonyl (C=O) groups is 2. The van der Waals surface area contributed by atoms with Gasteiger partial charge in [-0.05, 0) is 13.8 Å². The Kier molecular flexibility index (Phi) is 14.1. The van der Waals surface area contributed by atoms with Crippen molar-refractivity contribution in [2.75, 3.05) is 6.61 Å². The molecule has 0 saturated heterocycles. The number of hydrogen-bond acceptors (Lipinski definition) is 3. The summed E-state index contributed by atoms with van der Waals surface area (Å²) in [4.78, 5) is 19.2. The lowest BCUT2D eigenvalue weighted by atomic mass is 10.4. The Morgan fingerprint density at radius 2 is 1.85 bits per heavy atom. The number of carboxylic acid groups (broad SMARTS) is 1. The van der Waals surface area contributed by atoms with Crippen LogP contribution in [0.3, 0.4) is 0 Å². The van der Waals surface area contributed by atoms with Crippen molar-refractivity contribution >= 4 is 12.1 Å². The molecule has 0 spiro atoms. The van der Waals surface area contributed by atoms with Crippen molar-refractivity contribution in [2.45, 2.75) is 13.8 Å². The molecule has 0 aromatic heterocycles. The van der Waals surface area contributed by atoms with Gasteiger partial charge in [-0.3, -0.25) is 0 Å². The van der Waals surface area contributed by atoms with Crippen molar-refractivity contribution in [1.29, 1.82) is 0 Å². The van der Waals surface area contributed by atoms with Gasteiger partial charge in [-0.1, -0.05) is 6.58 Å². The van der Waals surface area contributed by atoms with E-state index in [0.717, 1.165) is 0 Å². The van der Waals surface area contributed by atoms with Gasteiger partial charge in [-0.2, -0.15) is 0 Å². The molecular formula is C7H15NO5. The molecule has 6 heteroatoms. The summed E-state index contributed by atoms with van der Waals surface area (Å²) in [5, 5.41) is 7.89. The summed E-state index contributed by atoms with van der Waals surface area (Å²) in [5.41, 5.74) is 4.72. The third kappa shape index (κ3) is 25.1. The first-order valence-electron chi connectivity index (χ1n) is 3.22. The molecule has 0 aliphatic heterocycles. The Labute approximate surface area is 76.3 Å². The summed E-state index contributed by atoms with van der Waals surface area (Å²) in [6.45, 7) is 6.66. The lowest BCUT2D eigenvalue weighted by Crippen LogP contribution is -2.11. The number of carboxylic acids is 1. The van der Waals surface area contributed by atoms with Gasteiger partial charge in [0.05, 0.1) is 6.61 Å². The molecule has 6 nitrogen and oxygen atoms in total. The molecule has 0 bridgehead atoms. The van der Waals surface area contributed by atoms with Crippen LogP contribution in [0.15, 0.2) is 12.2 Å². The van der Waals surface area contributed by atoms with Crippen LogP contribution >= 0.6 is 0 Å². The lowest BCUT2D eigenvalue weighted by molar-refractivity contribution is -0.132. The zero-order valence-corrected chi connectivity index (χ0v) is 7.66. The van der Waals surface area contributed by atoms with Crippen LogP contribution in [0.25, 0.3) is 0 Å². The molecule has 0 aliphatic carbocycles. The summed E-state index contributed by atoms with van der Waals surface area (Å²) >= 11 is 0. The molecule has 0 fully saturated rings. The molecule has 0 aliphatic rings. The predicted molar refractivity (Wildman–Crippen MR) is 47.3 cm³/mol. The number of amides is 1. The highest BCUT2D eigenvalue weighted by Gasteiger charge is 1.90. The number of ether oxygens (including phenoxy) is 1. The maximum atomic E-state index is 9.60. The maximum absolute atomic E-state index is 9.60. The minimum Gasteiger partial charge on any atom is -0.478 e. The van der Waals surface area contributed by atoms with Gasteiger partial charge >= 0.3 is 12.1 Å². The van der Waals surface area contributed by atoms with E-state index < -0.39 is 12.1 Å². The third-order valence-electron chi connectivity index (χ3n) is 0.652. The van der Waals surface area contributed by atoms with Crippen LogP contribution in [0.5, 0.6) is 0 Å². The Morgan fingerprint density at radius 3 is 1.85 bits per heavy atom.